The third-order valence-electron chi connectivity index (χ3n) is 3.29. The van der Waals surface area contributed by atoms with E-state index >= 15 is 0 Å². The molecule has 0 radical (unpaired) electrons. The van der Waals surface area contributed by atoms with Crippen molar-refractivity contribution in [3.63, 3.8) is 0 Å². The van der Waals surface area contributed by atoms with E-state index in [2.05, 4.69) is 5.32 Å². The van der Waals surface area contributed by atoms with E-state index in [0.29, 0.717) is 18.8 Å². The van der Waals surface area contributed by atoms with Crippen molar-refractivity contribution in [1.82, 2.24) is 9.88 Å². The van der Waals surface area contributed by atoms with Crippen molar-refractivity contribution in [2.24, 2.45) is 0 Å². The first kappa shape index (κ1) is 14.4. The van der Waals surface area contributed by atoms with Gasteiger partial charge >= 0.3 is 0 Å². The maximum atomic E-state index is 12.2. The number of benzene rings is 1. The molecular weight excluding hydrogens is 252 g/mol. The van der Waals surface area contributed by atoms with Crippen LogP contribution in [0.5, 0.6) is 5.75 Å². The molecule has 0 bridgehead atoms. The van der Waals surface area contributed by atoms with Crippen LogP contribution in [0.2, 0.25) is 0 Å². The third kappa shape index (κ3) is 2.64. The normalized spacial score (nSPS) is 10.8. The van der Waals surface area contributed by atoms with E-state index in [9.17, 15) is 4.79 Å². The van der Waals surface area contributed by atoms with Crippen molar-refractivity contribution in [1.29, 1.82) is 0 Å². The topological polar surface area (TPSA) is 43.3 Å². The van der Waals surface area contributed by atoms with E-state index in [-0.39, 0.29) is 5.91 Å². The van der Waals surface area contributed by atoms with Gasteiger partial charge in [-0.2, -0.15) is 0 Å². The highest BCUT2D eigenvalue weighted by Gasteiger charge is 2.16. The quantitative estimate of drug-likeness (QED) is 0.879. The van der Waals surface area contributed by atoms with Crippen LogP contribution in [0.3, 0.4) is 0 Å². The summed E-state index contributed by atoms with van der Waals surface area (Å²) >= 11 is 0. The summed E-state index contributed by atoms with van der Waals surface area (Å²) in [5.41, 5.74) is 1.74. The van der Waals surface area contributed by atoms with E-state index in [4.69, 9.17) is 4.74 Å². The lowest BCUT2D eigenvalue weighted by molar-refractivity contribution is 0.0945. The molecule has 0 aliphatic carbocycles. The van der Waals surface area contributed by atoms with Crippen molar-refractivity contribution in [3.8, 4) is 5.75 Å². The van der Waals surface area contributed by atoms with Gasteiger partial charge < -0.3 is 14.6 Å². The minimum Gasteiger partial charge on any atom is -0.493 e. The van der Waals surface area contributed by atoms with Gasteiger partial charge in [0.05, 0.1) is 12.1 Å². The lowest BCUT2D eigenvalue weighted by Crippen LogP contribution is -2.26. The molecule has 0 spiro atoms. The first-order chi connectivity index (χ1) is 9.72. The van der Waals surface area contributed by atoms with Crippen molar-refractivity contribution < 1.29 is 9.53 Å². The van der Waals surface area contributed by atoms with Crippen LogP contribution in [0.1, 0.15) is 37.7 Å². The number of nitrogens with one attached hydrogen (secondary N) is 1. The van der Waals surface area contributed by atoms with Gasteiger partial charge in [-0.1, -0.05) is 13.0 Å². The number of aryl methyl sites for hydroxylation is 1. The number of amides is 1. The third-order valence-corrected chi connectivity index (χ3v) is 3.29. The summed E-state index contributed by atoms with van der Waals surface area (Å²) in [5, 5.41) is 3.93. The Morgan fingerprint density at radius 2 is 2.10 bits per heavy atom. The lowest BCUT2D eigenvalue weighted by atomic mass is 10.2. The summed E-state index contributed by atoms with van der Waals surface area (Å²) in [7, 11) is 0. The average molecular weight is 274 g/mol. The Morgan fingerprint density at radius 3 is 2.75 bits per heavy atom. The molecule has 0 saturated carbocycles. The summed E-state index contributed by atoms with van der Waals surface area (Å²) in [4.78, 5) is 12.2. The highest BCUT2D eigenvalue weighted by molar-refractivity contribution is 6.00. The predicted molar refractivity (Wildman–Crippen MR) is 81.4 cm³/mol. The van der Waals surface area contributed by atoms with Crippen molar-refractivity contribution in [2.45, 2.75) is 33.7 Å². The molecule has 0 aliphatic heterocycles. The first-order valence-electron chi connectivity index (χ1n) is 7.26. The Hall–Kier alpha value is -1.97. The summed E-state index contributed by atoms with van der Waals surface area (Å²) in [6.45, 7) is 8.13. The Morgan fingerprint density at radius 1 is 1.30 bits per heavy atom. The zero-order valence-corrected chi connectivity index (χ0v) is 12.4. The number of hydrogen-bond acceptors (Lipinski definition) is 2. The first-order valence-corrected chi connectivity index (χ1v) is 7.26. The second kappa shape index (κ2) is 6.46. The van der Waals surface area contributed by atoms with Gasteiger partial charge in [-0.05, 0) is 38.5 Å². The van der Waals surface area contributed by atoms with Crippen LogP contribution in [0, 0.1) is 0 Å². The molecule has 2 rings (SSSR count). The summed E-state index contributed by atoms with van der Waals surface area (Å²) in [5.74, 6) is 0.814. The number of nitrogens with zero attached hydrogens (tertiary/aromatic N) is 1. The van der Waals surface area contributed by atoms with E-state index in [0.717, 1.165) is 29.6 Å². The lowest BCUT2D eigenvalue weighted by Gasteiger charge is -2.08. The average Bonchev–Trinajstić information content (AvgIpc) is 2.84. The molecule has 1 aromatic carbocycles. The van der Waals surface area contributed by atoms with Gasteiger partial charge in [-0.25, -0.2) is 0 Å². The number of rotatable bonds is 6. The van der Waals surface area contributed by atoms with Crippen LogP contribution in [0.15, 0.2) is 24.3 Å². The minimum absolute atomic E-state index is 0.0210. The fourth-order valence-electron chi connectivity index (χ4n) is 2.40. The van der Waals surface area contributed by atoms with E-state index in [1.54, 1.807) is 0 Å². The van der Waals surface area contributed by atoms with Gasteiger partial charge in [-0.3, -0.25) is 4.79 Å². The highest BCUT2D eigenvalue weighted by atomic mass is 16.5. The molecule has 20 heavy (non-hydrogen) atoms. The number of fused-ring (bicyclic) bond motifs is 1. The Balaban J connectivity index is 2.49. The molecule has 0 atom stereocenters. The van der Waals surface area contributed by atoms with Crippen LogP contribution < -0.4 is 10.1 Å². The van der Waals surface area contributed by atoms with Gasteiger partial charge in [-0.15, -0.1) is 0 Å². The number of carbonyl (C=O) groups excluding carboxylic acids is 1. The molecule has 1 N–H and O–H groups in total. The monoisotopic (exact) mass is 274 g/mol. The molecule has 2 aromatic rings. The maximum absolute atomic E-state index is 12.2. The number of hydrogen-bond donors (Lipinski definition) is 1. The SMILES string of the molecule is CCCNC(=O)c1cc2c(OCC)cccc2n1CC. The van der Waals surface area contributed by atoms with Gasteiger partial charge in [0.25, 0.3) is 5.91 Å². The molecule has 4 nitrogen and oxygen atoms in total. The predicted octanol–water partition coefficient (Wildman–Crippen LogP) is 3.20. The molecule has 4 heteroatoms. The van der Waals surface area contributed by atoms with Crippen LogP contribution in [0.25, 0.3) is 10.9 Å². The van der Waals surface area contributed by atoms with Crippen molar-refractivity contribution >= 4 is 16.8 Å². The van der Waals surface area contributed by atoms with Gasteiger partial charge in [0.2, 0.25) is 0 Å². The number of aromatic nitrogens is 1. The minimum atomic E-state index is -0.0210. The summed E-state index contributed by atoms with van der Waals surface area (Å²) in [6, 6.07) is 7.86. The molecule has 0 aliphatic rings. The van der Waals surface area contributed by atoms with Crippen LogP contribution in [-0.2, 0) is 6.54 Å². The Labute approximate surface area is 119 Å². The molecule has 108 valence electrons. The molecule has 1 heterocycles. The zero-order valence-electron chi connectivity index (χ0n) is 12.4. The largest absolute Gasteiger partial charge is 0.493 e. The molecule has 1 aromatic heterocycles. The Kier molecular flexibility index (Phi) is 4.66. The molecule has 1 amide bonds. The second-order valence-electron chi connectivity index (χ2n) is 4.65. The van der Waals surface area contributed by atoms with Crippen molar-refractivity contribution in [2.75, 3.05) is 13.2 Å². The second-order valence-corrected chi connectivity index (χ2v) is 4.65. The van der Waals surface area contributed by atoms with Crippen LogP contribution in [0.4, 0.5) is 0 Å². The van der Waals surface area contributed by atoms with Gasteiger partial charge in [0.15, 0.2) is 0 Å². The Bertz CT molecular complexity index is 602. The number of ether oxygens (including phenoxy) is 1. The van der Waals surface area contributed by atoms with Crippen LogP contribution in [-0.4, -0.2) is 23.6 Å². The number of carbonyl (C=O) groups is 1. The zero-order chi connectivity index (χ0) is 14.5. The fraction of sp³-hybridized carbons (Fsp3) is 0.438. The molecule has 0 saturated heterocycles. The van der Waals surface area contributed by atoms with Gasteiger partial charge in [0.1, 0.15) is 11.4 Å². The van der Waals surface area contributed by atoms with Crippen LogP contribution >= 0.6 is 0 Å². The summed E-state index contributed by atoms with van der Waals surface area (Å²) < 4.78 is 7.68. The highest BCUT2D eigenvalue weighted by Crippen LogP contribution is 2.29. The maximum Gasteiger partial charge on any atom is 0.267 e. The van der Waals surface area contributed by atoms with Gasteiger partial charge in [0, 0.05) is 18.5 Å². The van der Waals surface area contributed by atoms with E-state index in [1.165, 1.54) is 0 Å². The van der Waals surface area contributed by atoms with E-state index < -0.39 is 0 Å². The molecule has 0 unspecified atom stereocenters. The molecule has 0 fully saturated rings. The van der Waals surface area contributed by atoms with Crippen molar-refractivity contribution in [3.05, 3.63) is 30.0 Å². The molecular formula is C16H22N2O2. The standard InChI is InChI=1S/C16H22N2O2/c1-4-10-17-16(19)14-11-12-13(18(14)5-2)8-7-9-15(12)20-6-3/h7-9,11H,4-6,10H2,1-3H3,(H,17,19). The fourth-order valence-corrected chi connectivity index (χ4v) is 2.40. The smallest absolute Gasteiger partial charge is 0.267 e. The van der Waals surface area contributed by atoms with E-state index in [1.807, 2.05) is 49.6 Å². The summed E-state index contributed by atoms with van der Waals surface area (Å²) in [6.07, 6.45) is 0.933.